The molecule has 0 aliphatic heterocycles. The van der Waals surface area contributed by atoms with E-state index in [-0.39, 0.29) is 0 Å². The Kier molecular flexibility index (Phi) is 17.5. The minimum absolute atomic E-state index is 0.790. The summed E-state index contributed by atoms with van der Waals surface area (Å²) in [6.45, 7) is 15.6. The van der Waals surface area contributed by atoms with Crippen molar-refractivity contribution in [1.29, 1.82) is 0 Å². The number of nitrogens with one attached hydrogen (secondary N) is 3. The smallest absolute Gasteiger partial charge is 0.0419 e. The molecule has 1 aromatic carbocycles. The van der Waals surface area contributed by atoms with Crippen molar-refractivity contribution >= 4 is 11.8 Å². The van der Waals surface area contributed by atoms with Gasteiger partial charge >= 0.3 is 0 Å². The van der Waals surface area contributed by atoms with Gasteiger partial charge in [-0.2, -0.15) is 0 Å². The van der Waals surface area contributed by atoms with Gasteiger partial charge in [-0.25, -0.2) is 0 Å². The Morgan fingerprint density at radius 3 is 2.29 bits per heavy atom. The lowest BCUT2D eigenvalue weighted by molar-refractivity contribution is 0.816. The van der Waals surface area contributed by atoms with Crippen LogP contribution in [0.4, 0.5) is 5.69 Å². The van der Waals surface area contributed by atoms with Gasteiger partial charge in [-0.15, -0.1) is 0 Å². The van der Waals surface area contributed by atoms with E-state index < -0.39 is 0 Å². The minimum atomic E-state index is 0.790. The average Bonchev–Trinajstić information content (AvgIpc) is 2.65. The normalized spacial score (nSPS) is 10.2. The summed E-state index contributed by atoms with van der Waals surface area (Å²) >= 11 is 0. The third-order valence-electron chi connectivity index (χ3n) is 3.09. The van der Waals surface area contributed by atoms with Gasteiger partial charge in [-0.3, -0.25) is 0 Å². The van der Waals surface area contributed by atoms with E-state index in [9.17, 15) is 0 Å². The van der Waals surface area contributed by atoms with E-state index in [1.54, 1.807) is 0 Å². The molecule has 136 valence electrons. The van der Waals surface area contributed by atoms with Crippen LogP contribution in [0, 0.1) is 0 Å². The van der Waals surface area contributed by atoms with E-state index in [4.69, 9.17) is 0 Å². The largest absolute Gasteiger partial charge is 0.394 e. The fraction of sp³-hybridized carbons (Fsp3) is 0.429. The zero-order chi connectivity index (χ0) is 18.8. The summed E-state index contributed by atoms with van der Waals surface area (Å²) in [7, 11) is 3.85. The second kappa shape index (κ2) is 17.4. The van der Waals surface area contributed by atoms with E-state index in [1.165, 1.54) is 11.1 Å². The molecule has 3 heteroatoms. The highest BCUT2D eigenvalue weighted by Crippen LogP contribution is 2.21. The molecule has 0 aliphatic rings. The van der Waals surface area contributed by atoms with Gasteiger partial charge in [0.1, 0.15) is 0 Å². The highest BCUT2D eigenvalue weighted by atomic mass is 14.9. The predicted molar refractivity (Wildman–Crippen MR) is 112 cm³/mol. The minimum Gasteiger partial charge on any atom is -0.394 e. The van der Waals surface area contributed by atoms with Gasteiger partial charge in [-0.1, -0.05) is 58.6 Å². The molecule has 0 aliphatic carbocycles. The van der Waals surface area contributed by atoms with Gasteiger partial charge in [0.2, 0.25) is 0 Å². The number of rotatable bonds is 8. The van der Waals surface area contributed by atoms with E-state index in [0.29, 0.717) is 0 Å². The van der Waals surface area contributed by atoms with Crippen molar-refractivity contribution in [3.63, 3.8) is 0 Å². The van der Waals surface area contributed by atoms with Gasteiger partial charge in [0.25, 0.3) is 0 Å². The molecule has 0 aromatic heterocycles. The Morgan fingerprint density at radius 1 is 1.12 bits per heavy atom. The fourth-order valence-electron chi connectivity index (χ4n) is 2.00. The van der Waals surface area contributed by atoms with E-state index in [2.05, 4.69) is 52.9 Å². The Morgan fingerprint density at radius 2 is 1.79 bits per heavy atom. The molecule has 0 saturated heterocycles. The number of hydrogen-bond acceptors (Lipinski definition) is 3. The zero-order valence-corrected chi connectivity index (χ0v) is 16.7. The highest BCUT2D eigenvalue weighted by Gasteiger charge is 2.04. The molecule has 3 N–H and O–H groups in total. The lowest BCUT2D eigenvalue weighted by Gasteiger charge is -2.14. The number of allylic oxidation sites excluding steroid dienone is 1. The molecule has 24 heavy (non-hydrogen) atoms. The van der Waals surface area contributed by atoms with Crippen LogP contribution in [0.25, 0.3) is 6.08 Å². The maximum absolute atomic E-state index is 3.92. The molecule has 0 bridgehead atoms. The van der Waals surface area contributed by atoms with Crippen LogP contribution >= 0.6 is 0 Å². The topological polar surface area (TPSA) is 36.1 Å². The summed E-state index contributed by atoms with van der Waals surface area (Å²) in [6, 6.07) is 6.28. The number of benzene rings is 1. The van der Waals surface area contributed by atoms with Crippen LogP contribution in [0.1, 0.15) is 45.7 Å². The molecular formula is C21H37N3. The predicted octanol–water partition coefficient (Wildman–Crippen LogP) is 5.19. The van der Waals surface area contributed by atoms with Crippen molar-refractivity contribution in [3.8, 4) is 0 Å². The van der Waals surface area contributed by atoms with Crippen LogP contribution in [0.15, 0.2) is 48.7 Å². The first kappa shape index (κ1) is 24.3. The Bertz CT molecular complexity index is 488. The second-order valence-corrected chi connectivity index (χ2v) is 4.45. The van der Waals surface area contributed by atoms with Gasteiger partial charge in [-0.05, 0) is 43.5 Å². The van der Waals surface area contributed by atoms with Gasteiger partial charge in [0.15, 0.2) is 0 Å². The molecule has 0 unspecified atom stereocenters. The first-order valence-electron chi connectivity index (χ1n) is 8.88. The zero-order valence-electron chi connectivity index (χ0n) is 16.7. The summed E-state index contributed by atoms with van der Waals surface area (Å²) in [4.78, 5) is 0. The summed E-state index contributed by atoms with van der Waals surface area (Å²) in [5, 5.41) is 9.67. The Labute approximate surface area is 149 Å². The van der Waals surface area contributed by atoms with Gasteiger partial charge in [0, 0.05) is 31.4 Å². The molecule has 0 atom stereocenters. The van der Waals surface area contributed by atoms with Crippen LogP contribution in [0.2, 0.25) is 0 Å². The van der Waals surface area contributed by atoms with Crippen molar-refractivity contribution in [2.45, 2.75) is 41.2 Å². The van der Waals surface area contributed by atoms with Crippen molar-refractivity contribution in [2.75, 3.05) is 26.0 Å². The third kappa shape index (κ3) is 9.21. The third-order valence-corrected chi connectivity index (χ3v) is 3.09. The van der Waals surface area contributed by atoms with Crippen LogP contribution in [0.3, 0.4) is 0 Å². The maximum atomic E-state index is 3.92. The van der Waals surface area contributed by atoms with Crippen molar-refractivity contribution < 1.29 is 0 Å². The van der Waals surface area contributed by atoms with E-state index >= 15 is 0 Å². The lowest BCUT2D eigenvalue weighted by atomic mass is 10.0. The molecule has 1 rings (SSSR count). The maximum Gasteiger partial charge on any atom is 0.0419 e. The second-order valence-electron chi connectivity index (χ2n) is 4.45. The summed E-state index contributed by atoms with van der Waals surface area (Å²) < 4.78 is 0. The Hall–Kier alpha value is -2.00. The first-order valence-corrected chi connectivity index (χ1v) is 8.88. The van der Waals surface area contributed by atoms with Crippen LogP contribution in [0.5, 0.6) is 0 Å². The highest BCUT2D eigenvalue weighted by molar-refractivity contribution is 5.69. The van der Waals surface area contributed by atoms with Crippen LogP contribution in [-0.4, -0.2) is 20.6 Å². The monoisotopic (exact) mass is 331 g/mol. The fourth-order valence-corrected chi connectivity index (χ4v) is 2.00. The van der Waals surface area contributed by atoms with E-state index in [0.717, 1.165) is 24.3 Å². The van der Waals surface area contributed by atoms with Gasteiger partial charge in [0.05, 0.1) is 0 Å². The average molecular weight is 332 g/mol. The SMILES string of the molecule is C=Cc1c(CNC)cccc1NCC(/C=C\NC)=C/C.CC.CC. The summed E-state index contributed by atoms with van der Waals surface area (Å²) in [6.07, 6.45) is 8.01. The molecule has 3 nitrogen and oxygen atoms in total. The lowest BCUT2D eigenvalue weighted by Crippen LogP contribution is -2.10. The first-order chi connectivity index (χ1) is 11.8. The molecule has 1 aromatic rings. The molecule has 0 amide bonds. The van der Waals surface area contributed by atoms with Crippen LogP contribution in [-0.2, 0) is 6.54 Å². The molecule has 0 fully saturated rings. The van der Waals surface area contributed by atoms with Crippen molar-refractivity contribution in [3.05, 3.63) is 59.8 Å². The molecule has 0 radical (unpaired) electrons. The van der Waals surface area contributed by atoms with Crippen molar-refractivity contribution in [2.24, 2.45) is 0 Å². The quantitative estimate of drug-likeness (QED) is 0.574. The van der Waals surface area contributed by atoms with Crippen molar-refractivity contribution in [1.82, 2.24) is 10.6 Å². The number of hydrogen-bond donors (Lipinski definition) is 3. The Balaban J connectivity index is 0. The molecule has 0 saturated carbocycles. The molecule has 0 spiro atoms. The number of anilines is 1. The van der Waals surface area contributed by atoms with Crippen LogP contribution < -0.4 is 16.0 Å². The standard InChI is InChI=1S/C17H25N3.2C2H6/c1-5-14(10-11-18-3)12-20-17-9-7-8-15(13-19-4)16(17)6-2;2*1-2/h5-11,18-20H,2,12-13H2,1,3-4H3;2*1-2H3/b11-10-,14-5+;;. The summed E-state index contributed by atoms with van der Waals surface area (Å²) in [5.74, 6) is 0. The summed E-state index contributed by atoms with van der Waals surface area (Å²) in [5.41, 5.74) is 4.76. The van der Waals surface area contributed by atoms with Gasteiger partial charge < -0.3 is 16.0 Å². The molecular weight excluding hydrogens is 294 g/mol. The van der Waals surface area contributed by atoms with E-state index in [1.807, 2.05) is 61.0 Å². The molecule has 0 heterocycles.